The molecule has 134 valence electrons. The second kappa shape index (κ2) is 9.73. The van der Waals surface area contributed by atoms with Crippen molar-refractivity contribution in [3.63, 3.8) is 0 Å². The third kappa shape index (κ3) is 5.70. The Morgan fingerprint density at radius 3 is 2.75 bits per heavy atom. The van der Waals surface area contributed by atoms with E-state index in [9.17, 15) is 4.79 Å². The molecule has 1 amide bonds. The Kier molecular flexibility index (Phi) is 8.67. The van der Waals surface area contributed by atoms with Gasteiger partial charge in [-0.25, -0.2) is 4.98 Å². The van der Waals surface area contributed by atoms with E-state index in [1.54, 1.807) is 22.7 Å². The molecule has 0 atom stereocenters. The van der Waals surface area contributed by atoms with Crippen LogP contribution in [0.4, 0.5) is 0 Å². The van der Waals surface area contributed by atoms with Crippen LogP contribution in [0.5, 0.6) is 0 Å². The summed E-state index contributed by atoms with van der Waals surface area (Å²) in [6, 6.07) is 4.08. The average Bonchev–Trinajstić information content (AvgIpc) is 3.17. The molecule has 2 aromatic rings. The van der Waals surface area contributed by atoms with Crippen LogP contribution in [-0.2, 0) is 11.2 Å². The molecule has 0 spiro atoms. The molecule has 1 aliphatic heterocycles. The summed E-state index contributed by atoms with van der Waals surface area (Å²) >= 11 is 3.28. The number of hydrogen-bond donors (Lipinski definition) is 2. The lowest BCUT2D eigenvalue weighted by Gasteiger charge is -2.34. The summed E-state index contributed by atoms with van der Waals surface area (Å²) in [7, 11) is 0. The highest BCUT2D eigenvalue weighted by atomic mass is 35.5. The maximum absolute atomic E-state index is 12.1. The lowest BCUT2D eigenvalue weighted by molar-refractivity contribution is -0.121. The number of hydrogen-bond acceptors (Lipinski definition) is 5. The second-order valence-electron chi connectivity index (χ2n) is 6.14. The number of nitrogens with zero attached hydrogens (tertiary/aromatic N) is 1. The van der Waals surface area contributed by atoms with Crippen LogP contribution in [-0.4, -0.2) is 30.5 Å². The maximum Gasteiger partial charge on any atom is 0.226 e. The van der Waals surface area contributed by atoms with Gasteiger partial charge in [0.1, 0.15) is 5.01 Å². The van der Waals surface area contributed by atoms with Crippen LogP contribution in [0.1, 0.15) is 25.5 Å². The van der Waals surface area contributed by atoms with Crippen molar-refractivity contribution in [1.29, 1.82) is 0 Å². The van der Waals surface area contributed by atoms with E-state index in [0.29, 0.717) is 6.42 Å². The van der Waals surface area contributed by atoms with Crippen LogP contribution in [0.3, 0.4) is 0 Å². The first-order valence-electron chi connectivity index (χ1n) is 7.60. The van der Waals surface area contributed by atoms with E-state index in [0.717, 1.165) is 43.2 Å². The molecule has 0 radical (unpaired) electrons. The number of halogens is 2. The molecule has 1 aliphatic rings. The molecule has 2 N–H and O–H groups in total. The molecule has 0 saturated carbocycles. The lowest BCUT2D eigenvalue weighted by atomic mass is 9.81. The van der Waals surface area contributed by atoms with Gasteiger partial charge in [-0.05, 0) is 42.8 Å². The minimum absolute atomic E-state index is 0. The zero-order chi connectivity index (χ0) is 15.4. The molecular weight excluding hydrogens is 385 g/mol. The first kappa shape index (κ1) is 21.4. The highest BCUT2D eigenvalue weighted by Gasteiger charge is 2.27. The second-order valence-corrected chi connectivity index (χ2v) is 7.94. The molecule has 1 fully saturated rings. The van der Waals surface area contributed by atoms with Gasteiger partial charge in [-0.1, -0.05) is 13.0 Å². The van der Waals surface area contributed by atoms with Crippen LogP contribution in [0.2, 0.25) is 0 Å². The number of thiazole rings is 1. The van der Waals surface area contributed by atoms with Crippen molar-refractivity contribution >= 4 is 53.4 Å². The molecule has 3 rings (SSSR count). The van der Waals surface area contributed by atoms with E-state index < -0.39 is 0 Å². The summed E-state index contributed by atoms with van der Waals surface area (Å²) in [6.07, 6.45) is 2.61. The van der Waals surface area contributed by atoms with Crippen LogP contribution < -0.4 is 10.6 Å². The average molecular weight is 408 g/mol. The summed E-state index contributed by atoms with van der Waals surface area (Å²) in [5.74, 6) is 0.0720. The molecule has 1 saturated heterocycles. The molecule has 8 heteroatoms. The third-order valence-corrected chi connectivity index (χ3v) is 6.08. The molecule has 4 nitrogen and oxygen atoms in total. The van der Waals surface area contributed by atoms with E-state index in [4.69, 9.17) is 0 Å². The molecule has 2 aromatic heterocycles. The van der Waals surface area contributed by atoms with Gasteiger partial charge in [-0.3, -0.25) is 4.79 Å². The zero-order valence-electron chi connectivity index (χ0n) is 13.5. The van der Waals surface area contributed by atoms with Crippen molar-refractivity contribution in [2.75, 3.05) is 19.6 Å². The SMILES string of the molecule is CC1(CNC(=O)Cc2csc(-c3cccs3)n2)CCNCC1.Cl.Cl. The molecule has 24 heavy (non-hydrogen) atoms. The van der Waals surface area contributed by atoms with Crippen LogP contribution in [0.25, 0.3) is 9.88 Å². The van der Waals surface area contributed by atoms with Crippen LogP contribution in [0, 0.1) is 5.41 Å². The fourth-order valence-corrected chi connectivity index (χ4v) is 4.28. The lowest BCUT2D eigenvalue weighted by Crippen LogP contribution is -2.43. The van der Waals surface area contributed by atoms with Gasteiger partial charge in [0.05, 0.1) is 17.0 Å². The molecular formula is C16H23Cl2N3OS2. The Labute approximate surface area is 163 Å². The van der Waals surface area contributed by atoms with Gasteiger partial charge in [0, 0.05) is 11.9 Å². The summed E-state index contributed by atoms with van der Waals surface area (Å²) < 4.78 is 0. The Hall–Kier alpha value is -0.660. The fraction of sp³-hybridized carbons (Fsp3) is 0.500. The number of rotatable bonds is 5. The molecule has 3 heterocycles. The minimum Gasteiger partial charge on any atom is -0.355 e. The highest BCUT2D eigenvalue weighted by molar-refractivity contribution is 7.20. The van der Waals surface area contributed by atoms with Crippen molar-refractivity contribution in [3.8, 4) is 9.88 Å². The van der Waals surface area contributed by atoms with E-state index in [1.165, 1.54) is 4.88 Å². The predicted molar refractivity (Wildman–Crippen MR) is 107 cm³/mol. The molecule has 0 bridgehead atoms. The van der Waals surface area contributed by atoms with Crippen molar-refractivity contribution in [2.24, 2.45) is 5.41 Å². The summed E-state index contributed by atoms with van der Waals surface area (Å²) in [5.41, 5.74) is 1.09. The van der Waals surface area contributed by atoms with Gasteiger partial charge in [0.25, 0.3) is 0 Å². The third-order valence-electron chi connectivity index (χ3n) is 4.15. The first-order chi connectivity index (χ1) is 10.6. The monoisotopic (exact) mass is 407 g/mol. The van der Waals surface area contributed by atoms with Crippen LogP contribution >= 0.6 is 47.5 Å². The normalized spacial score (nSPS) is 15.9. The number of carbonyl (C=O) groups excluding carboxylic acids is 1. The summed E-state index contributed by atoms with van der Waals surface area (Å²) in [5, 5.41) is 11.5. The van der Waals surface area contributed by atoms with E-state index in [1.807, 2.05) is 16.8 Å². The maximum atomic E-state index is 12.1. The smallest absolute Gasteiger partial charge is 0.226 e. The zero-order valence-corrected chi connectivity index (χ0v) is 16.8. The predicted octanol–water partition coefficient (Wildman–Crippen LogP) is 3.76. The molecule has 0 aromatic carbocycles. The number of thiophene rings is 1. The van der Waals surface area contributed by atoms with Crippen LogP contribution in [0.15, 0.2) is 22.9 Å². The number of amides is 1. The summed E-state index contributed by atoms with van der Waals surface area (Å²) in [6.45, 7) is 5.10. The number of piperidine rings is 1. The number of carbonyl (C=O) groups is 1. The number of aromatic nitrogens is 1. The van der Waals surface area contributed by atoms with Gasteiger partial charge < -0.3 is 10.6 Å². The Morgan fingerprint density at radius 2 is 2.08 bits per heavy atom. The van der Waals surface area contributed by atoms with Gasteiger partial charge in [-0.15, -0.1) is 47.5 Å². The van der Waals surface area contributed by atoms with Gasteiger partial charge in [-0.2, -0.15) is 0 Å². The van der Waals surface area contributed by atoms with E-state index >= 15 is 0 Å². The van der Waals surface area contributed by atoms with Gasteiger partial charge >= 0.3 is 0 Å². The first-order valence-corrected chi connectivity index (χ1v) is 9.36. The minimum atomic E-state index is 0. The Balaban J connectivity index is 0.00000144. The topological polar surface area (TPSA) is 54.0 Å². The Bertz CT molecular complexity index is 625. The standard InChI is InChI=1S/C16H21N3OS2.2ClH/c1-16(4-6-17-7-5-16)11-18-14(20)9-12-10-22-15(19-12)13-3-2-8-21-13;;/h2-3,8,10,17H,4-7,9,11H2,1H3,(H,18,20);2*1H. The van der Waals surface area contributed by atoms with Crippen molar-refractivity contribution in [1.82, 2.24) is 15.6 Å². The van der Waals surface area contributed by atoms with Crippen molar-refractivity contribution < 1.29 is 4.79 Å². The molecule has 0 aliphatic carbocycles. The number of nitrogens with one attached hydrogen (secondary N) is 2. The van der Waals surface area contributed by atoms with E-state index in [-0.39, 0.29) is 36.1 Å². The van der Waals surface area contributed by atoms with Crippen molar-refractivity contribution in [2.45, 2.75) is 26.2 Å². The van der Waals surface area contributed by atoms with Gasteiger partial charge in [0.2, 0.25) is 5.91 Å². The van der Waals surface area contributed by atoms with Crippen molar-refractivity contribution in [3.05, 3.63) is 28.6 Å². The fourth-order valence-electron chi connectivity index (χ4n) is 2.65. The van der Waals surface area contributed by atoms with Gasteiger partial charge in [0.15, 0.2) is 0 Å². The quantitative estimate of drug-likeness (QED) is 0.792. The van der Waals surface area contributed by atoms with E-state index in [2.05, 4.69) is 28.6 Å². The molecule has 0 unspecified atom stereocenters. The summed E-state index contributed by atoms with van der Waals surface area (Å²) in [4.78, 5) is 17.9. The largest absolute Gasteiger partial charge is 0.355 e. The Morgan fingerprint density at radius 1 is 1.33 bits per heavy atom. The highest BCUT2D eigenvalue weighted by Crippen LogP contribution is 2.28.